The average Bonchev–Trinajstić information content (AvgIpc) is 2.99. The number of hydrogen-bond acceptors (Lipinski definition) is 4. The van der Waals surface area contributed by atoms with Crippen LogP contribution in [0.15, 0.2) is 24.3 Å². The minimum Gasteiger partial charge on any atom is -0.381 e. The number of carbonyl (C=O) groups is 1. The topological polar surface area (TPSA) is 82.2 Å². The highest BCUT2D eigenvalue weighted by molar-refractivity contribution is 5.81. The standard InChI is InChI=1S/C18H26N4O2/c1-2-22-15-6-4-3-5-14(15)21-16(22)7-10-20-18(23)17(19)13-8-11-24-12-9-13/h3-6,13,17H,2,7-12,19H2,1H3,(H,20,23). The summed E-state index contributed by atoms with van der Waals surface area (Å²) in [5.41, 5.74) is 8.24. The molecule has 1 saturated heterocycles. The Morgan fingerprint density at radius 1 is 1.42 bits per heavy atom. The number of aryl methyl sites for hydroxylation is 1. The minimum atomic E-state index is -0.445. The third kappa shape index (κ3) is 3.60. The molecule has 0 spiro atoms. The van der Waals surface area contributed by atoms with Crippen LogP contribution in [0.1, 0.15) is 25.6 Å². The van der Waals surface area contributed by atoms with E-state index >= 15 is 0 Å². The van der Waals surface area contributed by atoms with Crippen LogP contribution in [0.3, 0.4) is 0 Å². The molecule has 0 aliphatic carbocycles. The Morgan fingerprint density at radius 2 is 2.17 bits per heavy atom. The molecule has 6 heteroatoms. The molecule has 0 saturated carbocycles. The zero-order valence-corrected chi connectivity index (χ0v) is 14.2. The van der Waals surface area contributed by atoms with Gasteiger partial charge in [0, 0.05) is 32.7 Å². The number of benzene rings is 1. The zero-order chi connectivity index (χ0) is 16.9. The summed E-state index contributed by atoms with van der Waals surface area (Å²) in [6.07, 6.45) is 2.43. The van der Waals surface area contributed by atoms with Crippen LogP contribution in [0.5, 0.6) is 0 Å². The van der Waals surface area contributed by atoms with Crippen molar-refractivity contribution in [2.75, 3.05) is 19.8 Å². The van der Waals surface area contributed by atoms with Crippen molar-refractivity contribution in [2.45, 2.75) is 38.8 Å². The van der Waals surface area contributed by atoms with E-state index in [-0.39, 0.29) is 11.8 Å². The van der Waals surface area contributed by atoms with E-state index in [0.29, 0.717) is 26.2 Å². The number of imidazole rings is 1. The Labute approximate surface area is 142 Å². The van der Waals surface area contributed by atoms with E-state index in [1.807, 2.05) is 18.2 Å². The van der Waals surface area contributed by atoms with Crippen molar-refractivity contribution in [3.63, 3.8) is 0 Å². The molecule has 1 aliphatic rings. The van der Waals surface area contributed by atoms with Crippen LogP contribution >= 0.6 is 0 Å². The first-order valence-electron chi connectivity index (χ1n) is 8.76. The monoisotopic (exact) mass is 330 g/mol. The first-order chi connectivity index (χ1) is 11.7. The summed E-state index contributed by atoms with van der Waals surface area (Å²) in [5.74, 6) is 1.15. The number of nitrogens with two attached hydrogens (primary N) is 1. The van der Waals surface area contributed by atoms with Gasteiger partial charge >= 0.3 is 0 Å². The number of hydrogen-bond donors (Lipinski definition) is 2. The van der Waals surface area contributed by atoms with Crippen LogP contribution in [0.2, 0.25) is 0 Å². The molecule has 1 fully saturated rings. The van der Waals surface area contributed by atoms with Crippen molar-refractivity contribution in [1.29, 1.82) is 0 Å². The second-order valence-corrected chi connectivity index (χ2v) is 6.28. The van der Waals surface area contributed by atoms with E-state index in [1.165, 1.54) is 0 Å². The van der Waals surface area contributed by atoms with Gasteiger partial charge in [-0.05, 0) is 37.8 Å². The summed E-state index contributed by atoms with van der Waals surface area (Å²) in [5, 5.41) is 2.97. The SMILES string of the molecule is CCn1c(CCNC(=O)C(N)C2CCOCC2)nc2ccccc21. The number of nitrogens with one attached hydrogen (secondary N) is 1. The normalized spacial score (nSPS) is 17.1. The summed E-state index contributed by atoms with van der Waals surface area (Å²) < 4.78 is 7.52. The van der Waals surface area contributed by atoms with Gasteiger partial charge in [-0.1, -0.05) is 12.1 Å². The highest BCUT2D eigenvalue weighted by Gasteiger charge is 2.26. The largest absolute Gasteiger partial charge is 0.381 e. The Hall–Kier alpha value is -1.92. The fourth-order valence-corrected chi connectivity index (χ4v) is 3.37. The molecule has 24 heavy (non-hydrogen) atoms. The number of nitrogens with zero attached hydrogens (tertiary/aromatic N) is 2. The van der Waals surface area contributed by atoms with Gasteiger partial charge < -0.3 is 20.4 Å². The van der Waals surface area contributed by atoms with E-state index in [0.717, 1.165) is 36.2 Å². The van der Waals surface area contributed by atoms with Crippen molar-refractivity contribution in [3.05, 3.63) is 30.1 Å². The first kappa shape index (κ1) is 16.9. The molecule has 1 amide bonds. The molecule has 0 bridgehead atoms. The second-order valence-electron chi connectivity index (χ2n) is 6.28. The fraction of sp³-hybridized carbons (Fsp3) is 0.556. The molecule has 2 aromatic rings. The summed E-state index contributed by atoms with van der Waals surface area (Å²) in [6, 6.07) is 7.67. The molecular formula is C18H26N4O2. The molecule has 0 radical (unpaired) electrons. The Balaban J connectivity index is 1.57. The molecule has 1 aliphatic heterocycles. The summed E-state index contributed by atoms with van der Waals surface area (Å²) in [4.78, 5) is 16.9. The van der Waals surface area contributed by atoms with Crippen molar-refractivity contribution >= 4 is 16.9 Å². The van der Waals surface area contributed by atoms with Gasteiger partial charge in [0.05, 0.1) is 17.1 Å². The average molecular weight is 330 g/mol. The fourth-order valence-electron chi connectivity index (χ4n) is 3.37. The molecule has 1 unspecified atom stereocenters. The van der Waals surface area contributed by atoms with Crippen LogP contribution < -0.4 is 11.1 Å². The van der Waals surface area contributed by atoms with Gasteiger partial charge in [-0.25, -0.2) is 4.98 Å². The molecular weight excluding hydrogens is 304 g/mol. The smallest absolute Gasteiger partial charge is 0.237 e. The van der Waals surface area contributed by atoms with E-state index in [2.05, 4.69) is 27.9 Å². The van der Waals surface area contributed by atoms with Crippen molar-refractivity contribution in [3.8, 4) is 0 Å². The zero-order valence-electron chi connectivity index (χ0n) is 14.2. The Kier molecular flexibility index (Phi) is 5.48. The minimum absolute atomic E-state index is 0.0685. The molecule has 130 valence electrons. The van der Waals surface area contributed by atoms with Crippen LogP contribution in [-0.4, -0.2) is 41.3 Å². The van der Waals surface area contributed by atoms with Crippen molar-refractivity contribution < 1.29 is 9.53 Å². The quantitative estimate of drug-likeness (QED) is 0.840. The van der Waals surface area contributed by atoms with Gasteiger partial charge in [0.2, 0.25) is 5.91 Å². The molecule has 6 nitrogen and oxygen atoms in total. The lowest BCUT2D eigenvalue weighted by atomic mass is 9.92. The van der Waals surface area contributed by atoms with Crippen LogP contribution in [0, 0.1) is 5.92 Å². The van der Waals surface area contributed by atoms with E-state index in [9.17, 15) is 4.79 Å². The number of para-hydroxylation sites is 2. The summed E-state index contributed by atoms with van der Waals surface area (Å²) >= 11 is 0. The number of rotatable bonds is 6. The van der Waals surface area contributed by atoms with E-state index in [4.69, 9.17) is 10.5 Å². The third-order valence-corrected chi connectivity index (χ3v) is 4.77. The predicted octanol–water partition coefficient (Wildman–Crippen LogP) is 1.47. The predicted molar refractivity (Wildman–Crippen MR) is 93.6 cm³/mol. The molecule has 3 N–H and O–H groups in total. The van der Waals surface area contributed by atoms with Crippen LogP contribution in [0.4, 0.5) is 0 Å². The molecule has 1 aromatic carbocycles. The molecule has 3 rings (SSSR count). The number of fused-ring (bicyclic) bond motifs is 1. The summed E-state index contributed by atoms with van der Waals surface area (Å²) in [6.45, 7) is 4.93. The van der Waals surface area contributed by atoms with Gasteiger partial charge in [-0.15, -0.1) is 0 Å². The lowest BCUT2D eigenvalue weighted by Gasteiger charge is -2.26. The number of aromatic nitrogens is 2. The molecule has 1 aromatic heterocycles. The number of carbonyl (C=O) groups excluding carboxylic acids is 1. The van der Waals surface area contributed by atoms with Crippen LogP contribution in [-0.2, 0) is 22.5 Å². The second kappa shape index (κ2) is 7.77. The van der Waals surface area contributed by atoms with E-state index in [1.54, 1.807) is 0 Å². The maximum atomic E-state index is 12.3. The highest BCUT2D eigenvalue weighted by Crippen LogP contribution is 2.18. The Bertz CT molecular complexity index is 691. The molecule has 2 heterocycles. The van der Waals surface area contributed by atoms with Crippen molar-refractivity contribution in [2.24, 2.45) is 11.7 Å². The maximum absolute atomic E-state index is 12.3. The van der Waals surface area contributed by atoms with Crippen molar-refractivity contribution in [1.82, 2.24) is 14.9 Å². The van der Waals surface area contributed by atoms with Gasteiger partial charge in [0.15, 0.2) is 0 Å². The first-order valence-corrected chi connectivity index (χ1v) is 8.76. The van der Waals surface area contributed by atoms with Gasteiger partial charge in [-0.3, -0.25) is 4.79 Å². The molecule has 1 atom stereocenters. The van der Waals surface area contributed by atoms with Gasteiger partial charge in [0.1, 0.15) is 5.82 Å². The lowest BCUT2D eigenvalue weighted by molar-refractivity contribution is -0.124. The Morgan fingerprint density at radius 3 is 2.92 bits per heavy atom. The van der Waals surface area contributed by atoms with Crippen LogP contribution in [0.25, 0.3) is 11.0 Å². The van der Waals surface area contributed by atoms with E-state index < -0.39 is 6.04 Å². The third-order valence-electron chi connectivity index (χ3n) is 4.77. The summed E-state index contributed by atoms with van der Waals surface area (Å²) in [7, 11) is 0. The van der Waals surface area contributed by atoms with Gasteiger partial charge in [-0.2, -0.15) is 0 Å². The number of amides is 1. The number of ether oxygens (including phenoxy) is 1. The van der Waals surface area contributed by atoms with Gasteiger partial charge in [0.25, 0.3) is 0 Å². The maximum Gasteiger partial charge on any atom is 0.237 e. The lowest BCUT2D eigenvalue weighted by Crippen LogP contribution is -2.47. The highest BCUT2D eigenvalue weighted by atomic mass is 16.5.